The van der Waals surface area contributed by atoms with Gasteiger partial charge in [-0.05, 0) is 44.5 Å². The van der Waals surface area contributed by atoms with Gasteiger partial charge in [-0.1, -0.05) is 0 Å². The van der Waals surface area contributed by atoms with Crippen LogP contribution in [0.5, 0.6) is 5.75 Å². The van der Waals surface area contributed by atoms with E-state index in [4.69, 9.17) is 5.11 Å². The number of amides is 1. The summed E-state index contributed by atoms with van der Waals surface area (Å²) in [7, 11) is 0. The van der Waals surface area contributed by atoms with Gasteiger partial charge in [0.2, 0.25) is 5.91 Å². The van der Waals surface area contributed by atoms with Gasteiger partial charge in [-0.3, -0.25) is 4.79 Å². The second-order valence-corrected chi connectivity index (χ2v) is 5.10. The van der Waals surface area contributed by atoms with E-state index in [-0.39, 0.29) is 23.1 Å². The third kappa shape index (κ3) is 3.27. The third-order valence-electron chi connectivity index (χ3n) is 3.49. The van der Waals surface area contributed by atoms with Crippen LogP contribution in [0.4, 0.5) is 5.69 Å². The van der Waals surface area contributed by atoms with E-state index in [1.165, 1.54) is 18.2 Å². The van der Waals surface area contributed by atoms with Gasteiger partial charge in [0, 0.05) is 17.6 Å². The molecule has 0 radical (unpaired) electrons. The van der Waals surface area contributed by atoms with Crippen molar-refractivity contribution in [2.45, 2.75) is 25.8 Å². The van der Waals surface area contributed by atoms with Crippen LogP contribution in [0, 0.1) is 5.92 Å². The summed E-state index contributed by atoms with van der Waals surface area (Å²) in [6.07, 6.45) is 1.52. The molecule has 1 aromatic carbocycles. The normalized spacial score (nSPS) is 22.2. The Labute approximate surface area is 116 Å². The number of nitrogens with one attached hydrogen (secondary N) is 2. The van der Waals surface area contributed by atoms with Crippen LogP contribution in [0.1, 0.15) is 30.1 Å². The molecule has 2 rings (SSSR count). The van der Waals surface area contributed by atoms with E-state index < -0.39 is 5.97 Å². The zero-order chi connectivity index (χ0) is 14.7. The maximum absolute atomic E-state index is 12.1. The topological polar surface area (TPSA) is 98.7 Å². The molecule has 6 nitrogen and oxygen atoms in total. The molecule has 1 aliphatic heterocycles. The molecule has 4 N–H and O–H groups in total. The van der Waals surface area contributed by atoms with E-state index in [0.717, 1.165) is 19.4 Å². The molecular weight excluding hydrogens is 260 g/mol. The maximum atomic E-state index is 12.1. The van der Waals surface area contributed by atoms with Crippen LogP contribution in [0.2, 0.25) is 0 Å². The average molecular weight is 278 g/mol. The minimum absolute atomic E-state index is 0.0756. The summed E-state index contributed by atoms with van der Waals surface area (Å²) in [5.41, 5.74) is 0.165. The monoisotopic (exact) mass is 278 g/mol. The van der Waals surface area contributed by atoms with Crippen molar-refractivity contribution in [3.8, 4) is 5.75 Å². The zero-order valence-electron chi connectivity index (χ0n) is 11.2. The number of aromatic carboxylic acids is 1. The van der Waals surface area contributed by atoms with Crippen LogP contribution >= 0.6 is 0 Å². The summed E-state index contributed by atoms with van der Waals surface area (Å²) in [6, 6.07) is 4.32. The number of carbonyl (C=O) groups is 2. The Kier molecular flexibility index (Phi) is 4.24. The zero-order valence-corrected chi connectivity index (χ0v) is 11.2. The number of carbonyl (C=O) groups excluding carboxylic acids is 1. The van der Waals surface area contributed by atoms with Crippen LogP contribution in [0.15, 0.2) is 18.2 Å². The number of aromatic hydroxyl groups is 1. The first-order valence-corrected chi connectivity index (χ1v) is 6.58. The van der Waals surface area contributed by atoms with Crippen LogP contribution in [-0.2, 0) is 4.79 Å². The van der Waals surface area contributed by atoms with Gasteiger partial charge in [-0.15, -0.1) is 0 Å². The Morgan fingerprint density at radius 1 is 1.40 bits per heavy atom. The molecule has 0 saturated carbocycles. The molecule has 1 aromatic rings. The van der Waals surface area contributed by atoms with Crippen molar-refractivity contribution >= 4 is 17.6 Å². The van der Waals surface area contributed by atoms with Crippen molar-refractivity contribution in [3.63, 3.8) is 0 Å². The van der Waals surface area contributed by atoms with E-state index in [2.05, 4.69) is 10.6 Å². The number of carboxylic acids is 1. The Balaban J connectivity index is 2.07. The van der Waals surface area contributed by atoms with Gasteiger partial charge in [0.25, 0.3) is 0 Å². The summed E-state index contributed by atoms with van der Waals surface area (Å²) < 4.78 is 0. The van der Waals surface area contributed by atoms with Gasteiger partial charge in [0.15, 0.2) is 0 Å². The van der Waals surface area contributed by atoms with Gasteiger partial charge in [-0.2, -0.15) is 0 Å². The fraction of sp³-hybridized carbons (Fsp3) is 0.429. The second-order valence-electron chi connectivity index (χ2n) is 5.10. The van der Waals surface area contributed by atoms with Gasteiger partial charge in [0.05, 0.1) is 0 Å². The maximum Gasteiger partial charge on any atom is 0.339 e. The number of rotatable bonds is 3. The molecule has 1 amide bonds. The first-order valence-electron chi connectivity index (χ1n) is 6.58. The molecule has 0 spiro atoms. The van der Waals surface area contributed by atoms with Gasteiger partial charge >= 0.3 is 5.97 Å². The fourth-order valence-corrected chi connectivity index (χ4v) is 2.40. The lowest BCUT2D eigenvalue weighted by atomic mass is 9.92. The predicted molar refractivity (Wildman–Crippen MR) is 73.9 cm³/mol. The molecule has 0 bridgehead atoms. The van der Waals surface area contributed by atoms with E-state index >= 15 is 0 Å². The van der Waals surface area contributed by atoms with E-state index in [1.807, 2.05) is 6.92 Å². The third-order valence-corrected chi connectivity index (χ3v) is 3.49. The van der Waals surface area contributed by atoms with E-state index in [1.54, 1.807) is 0 Å². The predicted octanol–water partition coefficient (Wildman–Crippen LogP) is 1.42. The highest BCUT2D eigenvalue weighted by Crippen LogP contribution is 2.23. The van der Waals surface area contributed by atoms with Crippen molar-refractivity contribution < 1.29 is 19.8 Å². The Bertz CT molecular complexity index is 530. The van der Waals surface area contributed by atoms with Crippen molar-refractivity contribution in [2.75, 3.05) is 11.9 Å². The van der Waals surface area contributed by atoms with Crippen molar-refractivity contribution in [3.05, 3.63) is 23.8 Å². The lowest BCUT2D eigenvalue weighted by molar-refractivity contribution is -0.120. The molecule has 0 aromatic heterocycles. The highest BCUT2D eigenvalue weighted by Gasteiger charge is 2.25. The number of carboxylic acid groups (broad SMARTS) is 1. The van der Waals surface area contributed by atoms with Crippen LogP contribution in [-0.4, -0.2) is 34.7 Å². The largest absolute Gasteiger partial charge is 0.507 e. The Morgan fingerprint density at radius 2 is 2.15 bits per heavy atom. The molecule has 2 atom stereocenters. The summed E-state index contributed by atoms with van der Waals surface area (Å²) in [5.74, 6) is -1.73. The van der Waals surface area contributed by atoms with E-state index in [0.29, 0.717) is 11.7 Å². The van der Waals surface area contributed by atoms with Gasteiger partial charge in [-0.25, -0.2) is 4.79 Å². The SMILES string of the molecule is CC1CC(C(=O)Nc2ccc(O)c(C(=O)O)c2)CCN1. The molecule has 1 saturated heterocycles. The van der Waals surface area contributed by atoms with Gasteiger partial charge in [0.1, 0.15) is 11.3 Å². The molecule has 20 heavy (non-hydrogen) atoms. The summed E-state index contributed by atoms with van der Waals surface area (Å²) >= 11 is 0. The summed E-state index contributed by atoms with van der Waals surface area (Å²) in [6.45, 7) is 2.83. The van der Waals surface area contributed by atoms with Crippen molar-refractivity contribution in [1.82, 2.24) is 5.32 Å². The molecular formula is C14H18N2O4. The quantitative estimate of drug-likeness (QED) is 0.627. The summed E-state index contributed by atoms with van der Waals surface area (Å²) in [4.78, 5) is 23.1. The fourth-order valence-electron chi connectivity index (χ4n) is 2.40. The van der Waals surface area contributed by atoms with Crippen LogP contribution in [0.25, 0.3) is 0 Å². The number of hydrogen-bond donors (Lipinski definition) is 4. The standard InChI is InChI=1S/C14H18N2O4/c1-8-6-9(4-5-15-8)13(18)16-10-2-3-12(17)11(7-10)14(19)20/h2-3,7-9,15,17H,4-6H2,1H3,(H,16,18)(H,19,20). The lowest BCUT2D eigenvalue weighted by Crippen LogP contribution is -2.40. The number of phenols is 1. The number of anilines is 1. The molecule has 1 heterocycles. The molecule has 0 aliphatic carbocycles. The van der Waals surface area contributed by atoms with Crippen LogP contribution in [0.3, 0.4) is 0 Å². The first kappa shape index (κ1) is 14.3. The van der Waals surface area contributed by atoms with Crippen molar-refractivity contribution in [2.24, 2.45) is 5.92 Å². The van der Waals surface area contributed by atoms with Crippen LogP contribution < -0.4 is 10.6 Å². The number of benzene rings is 1. The highest BCUT2D eigenvalue weighted by molar-refractivity contribution is 5.96. The molecule has 1 aliphatic rings. The number of hydrogen-bond acceptors (Lipinski definition) is 4. The first-order chi connectivity index (χ1) is 9.47. The second kappa shape index (κ2) is 5.92. The molecule has 6 heteroatoms. The summed E-state index contributed by atoms with van der Waals surface area (Å²) in [5, 5.41) is 24.3. The minimum atomic E-state index is -1.23. The minimum Gasteiger partial charge on any atom is -0.507 e. The lowest BCUT2D eigenvalue weighted by Gasteiger charge is -2.27. The van der Waals surface area contributed by atoms with Gasteiger partial charge < -0.3 is 20.8 Å². The highest BCUT2D eigenvalue weighted by atomic mass is 16.4. The van der Waals surface area contributed by atoms with E-state index in [9.17, 15) is 14.7 Å². The molecule has 1 fully saturated rings. The Hall–Kier alpha value is -2.08. The molecule has 2 unspecified atom stereocenters. The smallest absolute Gasteiger partial charge is 0.339 e. The van der Waals surface area contributed by atoms with Crippen molar-refractivity contribution in [1.29, 1.82) is 0 Å². The number of piperidine rings is 1. The molecule has 108 valence electrons. The average Bonchev–Trinajstić information content (AvgIpc) is 2.40. The Morgan fingerprint density at radius 3 is 2.80 bits per heavy atom.